The number of nitrogens with zero attached hydrogens (tertiary/aromatic N) is 2. The van der Waals surface area contributed by atoms with E-state index in [1.54, 1.807) is 11.3 Å². The SMILES string of the molecule is CNCCC1CCN(C(=O)CCc2nc3sc(C)c(C)c3c(=O)[nH]2)CC1. The number of rotatable bonds is 6. The van der Waals surface area contributed by atoms with Gasteiger partial charge in [-0.05, 0) is 58.2 Å². The topological polar surface area (TPSA) is 78.1 Å². The molecule has 142 valence electrons. The highest BCUT2D eigenvalue weighted by molar-refractivity contribution is 7.18. The summed E-state index contributed by atoms with van der Waals surface area (Å²) < 4.78 is 0. The zero-order valence-corrected chi connectivity index (χ0v) is 16.7. The van der Waals surface area contributed by atoms with Crippen molar-refractivity contribution in [3.63, 3.8) is 0 Å². The van der Waals surface area contributed by atoms with Gasteiger partial charge in [0.15, 0.2) is 0 Å². The molecule has 3 rings (SSSR count). The zero-order valence-electron chi connectivity index (χ0n) is 15.9. The molecule has 6 nitrogen and oxygen atoms in total. The lowest BCUT2D eigenvalue weighted by Crippen LogP contribution is -2.39. The fraction of sp³-hybridized carbons (Fsp3) is 0.632. The minimum absolute atomic E-state index is 0.0929. The van der Waals surface area contributed by atoms with E-state index >= 15 is 0 Å². The van der Waals surface area contributed by atoms with Crippen LogP contribution in [-0.2, 0) is 11.2 Å². The number of likely N-dealkylation sites (tertiary alicyclic amines) is 1. The van der Waals surface area contributed by atoms with Gasteiger partial charge in [0.1, 0.15) is 10.7 Å². The molecular weight excluding hydrogens is 348 g/mol. The Hall–Kier alpha value is -1.73. The molecule has 1 amide bonds. The number of hydrogen-bond acceptors (Lipinski definition) is 5. The Bertz CT molecular complexity index is 834. The monoisotopic (exact) mass is 376 g/mol. The molecule has 26 heavy (non-hydrogen) atoms. The molecule has 0 unspecified atom stereocenters. The van der Waals surface area contributed by atoms with E-state index in [4.69, 9.17) is 0 Å². The molecular formula is C19H28N4O2S. The van der Waals surface area contributed by atoms with Crippen LogP contribution < -0.4 is 10.9 Å². The molecule has 1 aliphatic rings. The van der Waals surface area contributed by atoms with Gasteiger partial charge in [0, 0.05) is 30.8 Å². The number of piperidine rings is 1. The van der Waals surface area contributed by atoms with Gasteiger partial charge >= 0.3 is 0 Å². The summed E-state index contributed by atoms with van der Waals surface area (Å²) in [7, 11) is 1.98. The van der Waals surface area contributed by atoms with Crippen molar-refractivity contribution >= 4 is 27.5 Å². The number of aromatic amines is 1. The first-order valence-corrected chi connectivity index (χ1v) is 10.2. The van der Waals surface area contributed by atoms with Gasteiger partial charge in [-0.3, -0.25) is 9.59 Å². The quantitative estimate of drug-likeness (QED) is 0.811. The Morgan fingerprint density at radius 3 is 2.77 bits per heavy atom. The van der Waals surface area contributed by atoms with Crippen LogP contribution in [-0.4, -0.2) is 47.5 Å². The number of amides is 1. The molecule has 1 saturated heterocycles. The van der Waals surface area contributed by atoms with E-state index in [0.29, 0.717) is 24.1 Å². The Morgan fingerprint density at radius 2 is 2.08 bits per heavy atom. The maximum absolute atomic E-state index is 12.5. The van der Waals surface area contributed by atoms with Crippen LogP contribution in [0.2, 0.25) is 0 Å². The normalized spacial score (nSPS) is 15.7. The molecule has 0 saturated carbocycles. The first-order chi connectivity index (χ1) is 12.5. The predicted molar refractivity (Wildman–Crippen MR) is 106 cm³/mol. The predicted octanol–water partition coefficient (Wildman–Crippen LogP) is 2.38. The third-order valence-corrected chi connectivity index (χ3v) is 6.53. The molecule has 3 heterocycles. The largest absolute Gasteiger partial charge is 0.343 e. The Labute approximate surface area is 158 Å². The Kier molecular flexibility index (Phi) is 6.09. The summed E-state index contributed by atoms with van der Waals surface area (Å²) >= 11 is 1.54. The molecule has 2 aromatic heterocycles. The van der Waals surface area contributed by atoms with E-state index in [2.05, 4.69) is 15.3 Å². The number of carbonyl (C=O) groups excluding carboxylic acids is 1. The van der Waals surface area contributed by atoms with Crippen molar-refractivity contribution < 1.29 is 4.79 Å². The summed E-state index contributed by atoms with van der Waals surface area (Å²) in [5, 5.41) is 3.88. The zero-order chi connectivity index (χ0) is 18.7. The number of carbonyl (C=O) groups is 1. The summed E-state index contributed by atoms with van der Waals surface area (Å²) in [5.41, 5.74) is 0.909. The number of H-pyrrole nitrogens is 1. The molecule has 1 aliphatic heterocycles. The van der Waals surface area contributed by atoms with Crippen molar-refractivity contribution in [1.82, 2.24) is 20.2 Å². The average Bonchev–Trinajstić information content (AvgIpc) is 2.92. The van der Waals surface area contributed by atoms with Gasteiger partial charge in [-0.2, -0.15) is 0 Å². The molecule has 0 spiro atoms. The molecule has 7 heteroatoms. The summed E-state index contributed by atoms with van der Waals surface area (Å²) in [4.78, 5) is 36.1. The molecule has 0 bridgehead atoms. The number of nitrogens with one attached hydrogen (secondary N) is 2. The van der Waals surface area contributed by atoms with Gasteiger partial charge in [-0.1, -0.05) is 0 Å². The minimum atomic E-state index is -0.0929. The van der Waals surface area contributed by atoms with Crippen LogP contribution in [0.25, 0.3) is 10.2 Å². The van der Waals surface area contributed by atoms with Crippen molar-refractivity contribution in [3.05, 3.63) is 26.6 Å². The van der Waals surface area contributed by atoms with E-state index in [1.807, 2.05) is 25.8 Å². The van der Waals surface area contributed by atoms with Gasteiger partial charge in [0.05, 0.1) is 5.39 Å². The molecule has 2 aromatic rings. The van der Waals surface area contributed by atoms with Crippen LogP contribution >= 0.6 is 11.3 Å². The number of thiophene rings is 1. The van der Waals surface area contributed by atoms with E-state index in [0.717, 1.165) is 53.7 Å². The van der Waals surface area contributed by atoms with Crippen LogP contribution in [0.1, 0.15) is 41.9 Å². The molecule has 0 aliphatic carbocycles. The summed E-state index contributed by atoms with van der Waals surface area (Å²) in [6, 6.07) is 0. The molecule has 0 aromatic carbocycles. The lowest BCUT2D eigenvalue weighted by molar-refractivity contribution is -0.132. The average molecular weight is 377 g/mol. The van der Waals surface area contributed by atoms with E-state index in [9.17, 15) is 9.59 Å². The lowest BCUT2D eigenvalue weighted by Gasteiger charge is -2.32. The van der Waals surface area contributed by atoms with E-state index in [1.165, 1.54) is 6.42 Å². The van der Waals surface area contributed by atoms with Gasteiger partial charge in [-0.15, -0.1) is 11.3 Å². The first kappa shape index (κ1) is 19.0. The van der Waals surface area contributed by atoms with Gasteiger partial charge in [0.2, 0.25) is 5.91 Å². The van der Waals surface area contributed by atoms with Crippen molar-refractivity contribution in [2.45, 2.75) is 46.0 Å². The van der Waals surface area contributed by atoms with Crippen molar-refractivity contribution in [1.29, 1.82) is 0 Å². The fourth-order valence-electron chi connectivity index (χ4n) is 3.62. The number of hydrogen-bond donors (Lipinski definition) is 2. The number of fused-ring (bicyclic) bond motifs is 1. The van der Waals surface area contributed by atoms with E-state index in [-0.39, 0.29) is 11.5 Å². The highest BCUT2D eigenvalue weighted by Crippen LogP contribution is 2.26. The second-order valence-corrected chi connectivity index (χ2v) is 8.40. The van der Waals surface area contributed by atoms with Crippen molar-refractivity contribution in [3.8, 4) is 0 Å². The third kappa shape index (κ3) is 4.15. The van der Waals surface area contributed by atoms with Crippen LogP contribution in [0, 0.1) is 19.8 Å². The summed E-state index contributed by atoms with van der Waals surface area (Å²) in [5.74, 6) is 1.50. The van der Waals surface area contributed by atoms with Crippen molar-refractivity contribution in [2.24, 2.45) is 5.92 Å². The molecule has 0 radical (unpaired) electrons. The van der Waals surface area contributed by atoms with Crippen LogP contribution in [0.15, 0.2) is 4.79 Å². The highest BCUT2D eigenvalue weighted by atomic mass is 32.1. The minimum Gasteiger partial charge on any atom is -0.343 e. The molecule has 0 atom stereocenters. The Morgan fingerprint density at radius 1 is 1.35 bits per heavy atom. The summed E-state index contributed by atoms with van der Waals surface area (Å²) in [6.07, 6.45) is 4.24. The first-order valence-electron chi connectivity index (χ1n) is 9.41. The van der Waals surface area contributed by atoms with Gasteiger partial charge in [-0.25, -0.2) is 4.98 Å². The fourth-order valence-corrected chi connectivity index (χ4v) is 4.67. The van der Waals surface area contributed by atoms with E-state index < -0.39 is 0 Å². The third-order valence-electron chi connectivity index (χ3n) is 5.43. The second kappa shape index (κ2) is 8.31. The smallest absolute Gasteiger partial charge is 0.259 e. The Balaban J connectivity index is 1.57. The summed E-state index contributed by atoms with van der Waals surface area (Å²) in [6.45, 7) is 6.69. The maximum Gasteiger partial charge on any atom is 0.259 e. The second-order valence-electron chi connectivity index (χ2n) is 7.19. The standard InChI is InChI=1S/C19H28N4O2S/c1-12-13(2)26-19-17(12)18(25)21-15(22-19)4-5-16(24)23-10-7-14(8-11-23)6-9-20-3/h14,20H,4-11H2,1-3H3,(H,21,22,25). The maximum atomic E-state index is 12.5. The molecule has 1 fully saturated rings. The number of aromatic nitrogens is 2. The molecule has 2 N–H and O–H groups in total. The van der Waals surface area contributed by atoms with Gasteiger partial charge < -0.3 is 15.2 Å². The lowest BCUT2D eigenvalue weighted by atomic mass is 9.93. The van der Waals surface area contributed by atoms with Crippen LogP contribution in [0.4, 0.5) is 0 Å². The number of aryl methyl sites for hydroxylation is 3. The van der Waals surface area contributed by atoms with Gasteiger partial charge in [0.25, 0.3) is 5.56 Å². The highest BCUT2D eigenvalue weighted by Gasteiger charge is 2.22. The van der Waals surface area contributed by atoms with Crippen LogP contribution in [0.3, 0.4) is 0 Å². The van der Waals surface area contributed by atoms with Crippen LogP contribution in [0.5, 0.6) is 0 Å². The van der Waals surface area contributed by atoms with Crippen molar-refractivity contribution in [2.75, 3.05) is 26.7 Å².